The van der Waals surface area contributed by atoms with E-state index in [1.54, 1.807) is 4.68 Å². The molecule has 0 N–H and O–H groups in total. The molecule has 3 rings (SSSR count). The van der Waals surface area contributed by atoms with Crippen LogP contribution in [0.4, 0.5) is 0 Å². The van der Waals surface area contributed by atoms with Crippen molar-refractivity contribution in [3.05, 3.63) is 17.0 Å². The summed E-state index contributed by atoms with van der Waals surface area (Å²) in [5.41, 5.74) is 2.22. The van der Waals surface area contributed by atoms with Crippen LogP contribution in [0.5, 0.6) is 0 Å². The minimum absolute atomic E-state index is 0.0220. The average Bonchev–Trinajstić information content (AvgIpc) is 2.88. The van der Waals surface area contributed by atoms with E-state index in [2.05, 4.69) is 11.2 Å². The summed E-state index contributed by atoms with van der Waals surface area (Å²) < 4.78 is 29.8. The van der Waals surface area contributed by atoms with Crippen LogP contribution < -0.4 is 0 Å². The number of rotatable bonds is 1. The molecule has 18 heavy (non-hydrogen) atoms. The fourth-order valence-corrected chi connectivity index (χ4v) is 4.00. The van der Waals surface area contributed by atoms with Crippen LogP contribution in [0.2, 0.25) is 0 Å². The average molecular weight is 267 g/mol. The van der Waals surface area contributed by atoms with Crippen molar-refractivity contribution in [2.45, 2.75) is 32.1 Å². The molecule has 7 heteroatoms. The zero-order chi connectivity index (χ0) is 12.8. The van der Waals surface area contributed by atoms with Gasteiger partial charge in [0.15, 0.2) is 0 Å². The van der Waals surface area contributed by atoms with Crippen molar-refractivity contribution in [1.29, 1.82) is 5.26 Å². The van der Waals surface area contributed by atoms with E-state index in [4.69, 9.17) is 4.74 Å². The van der Waals surface area contributed by atoms with E-state index in [-0.39, 0.29) is 17.5 Å². The topological polar surface area (TPSA) is 85.0 Å². The Morgan fingerprint density at radius 2 is 2.06 bits per heavy atom. The summed E-state index contributed by atoms with van der Waals surface area (Å²) in [6, 6.07) is 2.19. The molecule has 0 unspecified atom stereocenters. The number of nitriles is 1. The Morgan fingerprint density at radius 3 is 2.72 bits per heavy atom. The molecular formula is C11H13N3O3S. The van der Waals surface area contributed by atoms with Crippen LogP contribution >= 0.6 is 0 Å². The van der Waals surface area contributed by atoms with Crippen LogP contribution in [0.25, 0.3) is 0 Å². The van der Waals surface area contributed by atoms with Gasteiger partial charge in [-0.05, 0) is 12.8 Å². The normalized spacial score (nSPS) is 22.6. The lowest BCUT2D eigenvalue weighted by atomic mass is 10.1. The fraction of sp³-hybridized carbons (Fsp3) is 0.636. The van der Waals surface area contributed by atoms with Gasteiger partial charge in [0.05, 0.1) is 36.5 Å². The second-order valence-electron chi connectivity index (χ2n) is 4.71. The quantitative estimate of drug-likeness (QED) is 0.741. The molecule has 0 saturated carbocycles. The fourth-order valence-electron chi connectivity index (χ4n) is 2.54. The zero-order valence-electron chi connectivity index (χ0n) is 9.79. The van der Waals surface area contributed by atoms with Gasteiger partial charge in [-0.15, -0.1) is 0 Å². The van der Waals surface area contributed by atoms with Crippen LogP contribution in [-0.2, 0) is 27.8 Å². The molecule has 0 atom stereocenters. The maximum Gasteiger partial charge on any atom is 0.150 e. The Hall–Kier alpha value is -1.39. The Bertz CT molecular complexity index is 613. The number of nitrogens with zero attached hydrogens (tertiary/aromatic N) is 3. The standard InChI is InChI=1S/C11H13N3O3S/c12-5-11-9-6-17-7-10(9)13-14(11)8-1-3-18(15,16)4-2-8/h8H,1-4,6-7H2. The highest BCUT2D eigenvalue weighted by Gasteiger charge is 2.30. The summed E-state index contributed by atoms with van der Waals surface area (Å²) in [6.45, 7) is 0.880. The minimum atomic E-state index is -2.89. The summed E-state index contributed by atoms with van der Waals surface area (Å²) in [5.74, 6) is 0.368. The van der Waals surface area contributed by atoms with Crippen LogP contribution in [0, 0.1) is 11.3 Å². The predicted molar refractivity (Wildman–Crippen MR) is 62.4 cm³/mol. The second kappa shape index (κ2) is 4.07. The van der Waals surface area contributed by atoms with Gasteiger partial charge in [0.1, 0.15) is 21.6 Å². The second-order valence-corrected chi connectivity index (χ2v) is 7.01. The lowest BCUT2D eigenvalue weighted by Crippen LogP contribution is -2.27. The number of fused-ring (bicyclic) bond motifs is 1. The first kappa shape index (κ1) is 11.7. The van der Waals surface area contributed by atoms with E-state index in [9.17, 15) is 13.7 Å². The van der Waals surface area contributed by atoms with E-state index in [0.717, 1.165) is 11.3 Å². The lowest BCUT2D eigenvalue weighted by molar-refractivity contribution is 0.130. The molecule has 1 saturated heterocycles. The highest BCUT2D eigenvalue weighted by atomic mass is 32.2. The summed E-state index contributed by atoms with van der Waals surface area (Å²) in [6.07, 6.45) is 1.08. The third-order valence-electron chi connectivity index (χ3n) is 3.55. The molecule has 0 aliphatic carbocycles. The first-order valence-electron chi connectivity index (χ1n) is 5.89. The number of ether oxygens (including phenoxy) is 1. The third kappa shape index (κ3) is 1.82. The van der Waals surface area contributed by atoms with Gasteiger partial charge in [0, 0.05) is 5.56 Å². The smallest absolute Gasteiger partial charge is 0.150 e. The van der Waals surface area contributed by atoms with E-state index in [1.165, 1.54) is 0 Å². The molecule has 1 aromatic rings. The molecule has 0 spiro atoms. The maximum absolute atomic E-state index is 11.4. The van der Waals surface area contributed by atoms with Gasteiger partial charge >= 0.3 is 0 Å². The SMILES string of the molecule is N#Cc1c2c(nn1C1CCS(=O)(=O)CC1)COC2. The van der Waals surface area contributed by atoms with Crippen molar-refractivity contribution in [2.75, 3.05) is 11.5 Å². The van der Waals surface area contributed by atoms with Gasteiger partial charge in [-0.3, -0.25) is 4.68 Å². The van der Waals surface area contributed by atoms with Gasteiger partial charge in [-0.1, -0.05) is 0 Å². The molecule has 0 aromatic carbocycles. The van der Waals surface area contributed by atoms with Crippen molar-refractivity contribution in [2.24, 2.45) is 0 Å². The van der Waals surface area contributed by atoms with E-state index in [0.29, 0.717) is 31.7 Å². The molecular weight excluding hydrogens is 254 g/mol. The van der Waals surface area contributed by atoms with Crippen LogP contribution in [-0.4, -0.2) is 29.7 Å². The summed E-state index contributed by atoms with van der Waals surface area (Å²) in [7, 11) is -2.89. The van der Waals surface area contributed by atoms with E-state index >= 15 is 0 Å². The van der Waals surface area contributed by atoms with Crippen molar-refractivity contribution in [1.82, 2.24) is 9.78 Å². The Balaban J connectivity index is 1.92. The Morgan fingerprint density at radius 1 is 1.33 bits per heavy atom. The molecule has 0 bridgehead atoms. The summed E-state index contributed by atoms with van der Waals surface area (Å²) in [4.78, 5) is 0. The summed E-state index contributed by atoms with van der Waals surface area (Å²) >= 11 is 0. The number of sulfone groups is 1. The number of hydrogen-bond donors (Lipinski definition) is 0. The molecule has 2 aliphatic rings. The van der Waals surface area contributed by atoms with Crippen molar-refractivity contribution in [3.8, 4) is 6.07 Å². The van der Waals surface area contributed by atoms with Gasteiger partial charge in [-0.2, -0.15) is 10.4 Å². The van der Waals surface area contributed by atoms with Gasteiger partial charge in [0.2, 0.25) is 0 Å². The number of hydrogen-bond acceptors (Lipinski definition) is 5. The van der Waals surface area contributed by atoms with E-state index < -0.39 is 9.84 Å². The first-order valence-corrected chi connectivity index (χ1v) is 7.71. The van der Waals surface area contributed by atoms with E-state index in [1.807, 2.05) is 0 Å². The third-order valence-corrected chi connectivity index (χ3v) is 5.27. The minimum Gasteiger partial charge on any atom is -0.370 e. The molecule has 0 amide bonds. The lowest BCUT2D eigenvalue weighted by Gasteiger charge is -2.23. The largest absolute Gasteiger partial charge is 0.370 e. The zero-order valence-corrected chi connectivity index (χ0v) is 10.6. The first-order chi connectivity index (χ1) is 8.61. The summed E-state index contributed by atoms with van der Waals surface area (Å²) in [5, 5.41) is 13.6. The molecule has 1 fully saturated rings. The van der Waals surface area contributed by atoms with Crippen molar-refractivity contribution >= 4 is 9.84 Å². The van der Waals surface area contributed by atoms with Crippen molar-refractivity contribution < 1.29 is 13.2 Å². The van der Waals surface area contributed by atoms with Crippen molar-refractivity contribution in [3.63, 3.8) is 0 Å². The number of aromatic nitrogens is 2. The van der Waals surface area contributed by atoms with Crippen LogP contribution in [0.3, 0.4) is 0 Å². The Labute approximate surface area is 105 Å². The molecule has 2 aliphatic heterocycles. The predicted octanol–water partition coefficient (Wildman–Crippen LogP) is 0.535. The van der Waals surface area contributed by atoms with Gasteiger partial charge in [-0.25, -0.2) is 8.42 Å². The molecule has 3 heterocycles. The van der Waals surface area contributed by atoms with Gasteiger partial charge < -0.3 is 4.74 Å². The molecule has 6 nitrogen and oxygen atoms in total. The Kier molecular flexibility index (Phi) is 2.64. The van der Waals surface area contributed by atoms with Crippen LogP contribution in [0.15, 0.2) is 0 Å². The monoisotopic (exact) mass is 267 g/mol. The maximum atomic E-state index is 11.4. The van der Waals surface area contributed by atoms with Gasteiger partial charge in [0.25, 0.3) is 0 Å². The highest BCUT2D eigenvalue weighted by Crippen LogP contribution is 2.29. The van der Waals surface area contributed by atoms with Crippen LogP contribution in [0.1, 0.15) is 35.8 Å². The molecule has 1 aromatic heterocycles. The molecule has 96 valence electrons. The highest BCUT2D eigenvalue weighted by molar-refractivity contribution is 7.91. The molecule has 0 radical (unpaired) electrons.